The third kappa shape index (κ3) is 3.80. The second kappa shape index (κ2) is 8.50. The second-order valence-electron chi connectivity index (χ2n) is 5.50. The van der Waals surface area contributed by atoms with Crippen molar-refractivity contribution in [2.24, 2.45) is 5.73 Å². The van der Waals surface area contributed by atoms with Gasteiger partial charge in [-0.1, -0.05) is 0 Å². The SMILES string of the molecule is Cl.Cl.NCC1CCCN1C(=O)c1ccc(N2CCCC2)nn1. The number of rotatable bonds is 3. The van der Waals surface area contributed by atoms with E-state index in [4.69, 9.17) is 5.73 Å². The molecule has 3 heterocycles. The number of carbonyl (C=O) groups excluding carboxylic acids is 1. The van der Waals surface area contributed by atoms with Gasteiger partial charge in [0.25, 0.3) is 5.91 Å². The van der Waals surface area contributed by atoms with E-state index < -0.39 is 0 Å². The van der Waals surface area contributed by atoms with Gasteiger partial charge < -0.3 is 15.5 Å². The molecule has 0 aliphatic carbocycles. The van der Waals surface area contributed by atoms with Gasteiger partial charge >= 0.3 is 0 Å². The maximum Gasteiger partial charge on any atom is 0.274 e. The van der Waals surface area contributed by atoms with Gasteiger partial charge in [-0.15, -0.1) is 35.0 Å². The van der Waals surface area contributed by atoms with Crippen LogP contribution in [0.5, 0.6) is 0 Å². The van der Waals surface area contributed by atoms with Crippen LogP contribution in [0.2, 0.25) is 0 Å². The summed E-state index contributed by atoms with van der Waals surface area (Å²) in [4.78, 5) is 16.4. The van der Waals surface area contributed by atoms with Crippen LogP contribution in [0, 0.1) is 0 Å². The molecule has 2 saturated heterocycles. The van der Waals surface area contributed by atoms with Crippen molar-refractivity contribution in [1.29, 1.82) is 0 Å². The molecule has 8 heteroatoms. The van der Waals surface area contributed by atoms with Crippen molar-refractivity contribution in [2.75, 3.05) is 31.1 Å². The number of hydrogen-bond acceptors (Lipinski definition) is 5. The van der Waals surface area contributed by atoms with Crippen LogP contribution in [0.3, 0.4) is 0 Å². The van der Waals surface area contributed by atoms with Gasteiger partial charge in [0, 0.05) is 32.2 Å². The van der Waals surface area contributed by atoms with Crippen molar-refractivity contribution in [2.45, 2.75) is 31.7 Å². The minimum absolute atomic E-state index is 0. The van der Waals surface area contributed by atoms with E-state index in [0.717, 1.165) is 38.3 Å². The highest BCUT2D eigenvalue weighted by atomic mass is 35.5. The molecule has 0 saturated carbocycles. The highest BCUT2D eigenvalue weighted by Gasteiger charge is 2.29. The molecule has 1 aromatic heterocycles. The monoisotopic (exact) mass is 347 g/mol. The van der Waals surface area contributed by atoms with Crippen molar-refractivity contribution < 1.29 is 4.79 Å². The number of hydrogen-bond donors (Lipinski definition) is 1. The Kier molecular flexibility index (Phi) is 7.32. The zero-order valence-corrected chi connectivity index (χ0v) is 14.1. The van der Waals surface area contributed by atoms with Gasteiger partial charge in [-0.3, -0.25) is 4.79 Å². The lowest BCUT2D eigenvalue weighted by Gasteiger charge is -2.23. The fourth-order valence-electron chi connectivity index (χ4n) is 3.05. The van der Waals surface area contributed by atoms with Gasteiger partial charge in [-0.05, 0) is 37.8 Å². The predicted octanol–water partition coefficient (Wildman–Crippen LogP) is 1.48. The fraction of sp³-hybridized carbons (Fsp3) is 0.643. The highest BCUT2D eigenvalue weighted by molar-refractivity contribution is 5.92. The first kappa shape index (κ1) is 18.9. The Morgan fingerprint density at radius 2 is 1.86 bits per heavy atom. The molecule has 2 aliphatic heterocycles. The van der Waals surface area contributed by atoms with Crippen molar-refractivity contribution >= 4 is 36.5 Å². The zero-order valence-electron chi connectivity index (χ0n) is 12.5. The van der Waals surface area contributed by atoms with E-state index >= 15 is 0 Å². The standard InChI is InChI=1S/C14H21N5O.2ClH/c15-10-11-4-3-9-19(11)14(20)12-5-6-13(17-16-12)18-7-1-2-8-18;;/h5-6,11H,1-4,7-10,15H2;2*1H. The van der Waals surface area contributed by atoms with Gasteiger partial charge in [0.1, 0.15) is 0 Å². The van der Waals surface area contributed by atoms with E-state index in [-0.39, 0.29) is 36.8 Å². The van der Waals surface area contributed by atoms with Crippen LogP contribution < -0.4 is 10.6 Å². The summed E-state index contributed by atoms with van der Waals surface area (Å²) in [6.07, 6.45) is 4.41. The number of carbonyl (C=O) groups is 1. The highest BCUT2D eigenvalue weighted by Crippen LogP contribution is 2.20. The summed E-state index contributed by atoms with van der Waals surface area (Å²) < 4.78 is 0. The Labute approximate surface area is 143 Å². The fourth-order valence-corrected chi connectivity index (χ4v) is 3.05. The zero-order chi connectivity index (χ0) is 13.9. The summed E-state index contributed by atoms with van der Waals surface area (Å²) in [6, 6.07) is 3.84. The molecule has 124 valence electrons. The Morgan fingerprint density at radius 3 is 2.45 bits per heavy atom. The third-order valence-electron chi connectivity index (χ3n) is 4.21. The molecule has 3 rings (SSSR count). The van der Waals surface area contributed by atoms with E-state index in [2.05, 4.69) is 15.1 Å². The smallest absolute Gasteiger partial charge is 0.274 e. The summed E-state index contributed by atoms with van der Waals surface area (Å²) in [7, 11) is 0. The molecule has 1 atom stereocenters. The number of aromatic nitrogens is 2. The van der Waals surface area contributed by atoms with Crippen LogP contribution in [-0.4, -0.2) is 53.2 Å². The lowest BCUT2D eigenvalue weighted by molar-refractivity contribution is 0.0734. The van der Waals surface area contributed by atoms with Crippen LogP contribution in [0.1, 0.15) is 36.2 Å². The maximum atomic E-state index is 12.4. The Morgan fingerprint density at radius 1 is 1.14 bits per heavy atom. The minimum atomic E-state index is -0.0431. The summed E-state index contributed by atoms with van der Waals surface area (Å²) in [6.45, 7) is 3.36. The Balaban J connectivity index is 0.00000121. The molecular formula is C14H23Cl2N5O. The maximum absolute atomic E-state index is 12.4. The molecule has 1 unspecified atom stereocenters. The van der Waals surface area contributed by atoms with Gasteiger partial charge in [-0.25, -0.2) is 0 Å². The van der Waals surface area contributed by atoms with Gasteiger partial charge in [0.15, 0.2) is 11.5 Å². The van der Waals surface area contributed by atoms with Crippen molar-refractivity contribution in [3.63, 3.8) is 0 Å². The third-order valence-corrected chi connectivity index (χ3v) is 4.21. The number of nitrogens with two attached hydrogens (primary N) is 1. The van der Waals surface area contributed by atoms with Crippen LogP contribution in [0.4, 0.5) is 5.82 Å². The molecule has 2 fully saturated rings. The molecule has 1 aromatic rings. The molecule has 0 radical (unpaired) electrons. The summed E-state index contributed by atoms with van der Waals surface area (Å²) >= 11 is 0. The first-order chi connectivity index (χ1) is 9.79. The van der Waals surface area contributed by atoms with Crippen LogP contribution >= 0.6 is 24.8 Å². The number of nitrogens with zero attached hydrogens (tertiary/aromatic N) is 4. The van der Waals surface area contributed by atoms with Crippen molar-refractivity contribution in [3.05, 3.63) is 17.8 Å². The number of halogens is 2. The van der Waals surface area contributed by atoms with Crippen LogP contribution in [0.15, 0.2) is 12.1 Å². The van der Waals surface area contributed by atoms with E-state index in [1.807, 2.05) is 11.0 Å². The van der Waals surface area contributed by atoms with Gasteiger partial charge in [-0.2, -0.15) is 0 Å². The summed E-state index contributed by atoms with van der Waals surface area (Å²) in [5.41, 5.74) is 6.13. The molecule has 0 aromatic carbocycles. The van der Waals surface area contributed by atoms with E-state index in [9.17, 15) is 4.79 Å². The lowest BCUT2D eigenvalue weighted by Crippen LogP contribution is -2.40. The molecule has 2 aliphatic rings. The van der Waals surface area contributed by atoms with E-state index in [1.165, 1.54) is 12.8 Å². The van der Waals surface area contributed by atoms with Crippen LogP contribution in [-0.2, 0) is 0 Å². The van der Waals surface area contributed by atoms with Gasteiger partial charge in [0.05, 0.1) is 0 Å². The second-order valence-corrected chi connectivity index (χ2v) is 5.50. The number of likely N-dealkylation sites (tertiary alicyclic amines) is 1. The average Bonchev–Trinajstić information content (AvgIpc) is 3.17. The quantitative estimate of drug-likeness (QED) is 0.896. The molecule has 0 bridgehead atoms. The Bertz CT molecular complexity index is 479. The van der Waals surface area contributed by atoms with E-state index in [0.29, 0.717) is 12.2 Å². The molecular weight excluding hydrogens is 325 g/mol. The molecule has 0 spiro atoms. The topological polar surface area (TPSA) is 75.3 Å². The first-order valence-electron chi connectivity index (χ1n) is 7.39. The van der Waals surface area contributed by atoms with Gasteiger partial charge in [0.2, 0.25) is 0 Å². The van der Waals surface area contributed by atoms with E-state index in [1.54, 1.807) is 6.07 Å². The molecule has 2 N–H and O–H groups in total. The summed E-state index contributed by atoms with van der Waals surface area (Å²) in [5, 5.41) is 8.31. The molecule has 6 nitrogen and oxygen atoms in total. The molecule has 22 heavy (non-hydrogen) atoms. The first-order valence-corrected chi connectivity index (χ1v) is 7.39. The van der Waals surface area contributed by atoms with Crippen molar-refractivity contribution in [1.82, 2.24) is 15.1 Å². The average molecular weight is 348 g/mol. The normalized spacial score (nSPS) is 20.5. The van der Waals surface area contributed by atoms with Crippen LogP contribution in [0.25, 0.3) is 0 Å². The van der Waals surface area contributed by atoms with Crippen molar-refractivity contribution in [3.8, 4) is 0 Å². The minimum Gasteiger partial charge on any atom is -0.355 e. The molecule has 1 amide bonds. The Hall–Kier alpha value is -1.11. The number of amides is 1. The lowest BCUT2D eigenvalue weighted by atomic mass is 10.2. The predicted molar refractivity (Wildman–Crippen MR) is 91.1 cm³/mol. The summed E-state index contributed by atoms with van der Waals surface area (Å²) in [5.74, 6) is 0.828. The number of anilines is 1. The largest absolute Gasteiger partial charge is 0.355 e.